The number of hydrogen-bond donors (Lipinski definition) is 2. The van der Waals surface area contributed by atoms with Gasteiger partial charge in [-0.05, 0) is 50.2 Å². The molecule has 0 aromatic heterocycles. The molecule has 0 unspecified atom stereocenters. The van der Waals surface area contributed by atoms with E-state index in [2.05, 4.69) is 5.32 Å². The Morgan fingerprint density at radius 2 is 1.25 bits per heavy atom. The van der Waals surface area contributed by atoms with E-state index in [1.807, 2.05) is 13.0 Å². The lowest BCUT2D eigenvalue weighted by Crippen LogP contribution is -2.48. The lowest BCUT2D eigenvalue weighted by atomic mass is 10.1. The van der Waals surface area contributed by atoms with Gasteiger partial charge in [-0.2, -0.15) is 5.26 Å². The monoisotopic (exact) mass is 486 g/mol. The maximum atomic E-state index is 13.2. The summed E-state index contributed by atoms with van der Waals surface area (Å²) in [5.74, 6) is -4.83. The molecule has 0 spiro atoms. The second-order valence-corrected chi connectivity index (χ2v) is 7.87. The molecule has 0 heterocycles. The van der Waals surface area contributed by atoms with Crippen molar-refractivity contribution in [3.63, 3.8) is 0 Å². The lowest BCUT2D eigenvalue weighted by Gasteiger charge is -2.24. The molecular weight excluding hydrogens is 464 g/mol. The van der Waals surface area contributed by atoms with Crippen LogP contribution in [0.15, 0.2) is 72.8 Å². The van der Waals surface area contributed by atoms with Gasteiger partial charge < -0.3 is 19.9 Å². The van der Waals surface area contributed by atoms with Crippen LogP contribution in [-0.4, -0.2) is 41.1 Å². The summed E-state index contributed by atoms with van der Waals surface area (Å²) in [5.41, 5.74) is 2.00. The molecule has 0 aliphatic rings. The molecule has 9 nitrogen and oxygen atoms in total. The standard InChI is InChI=1S/C27H22N2O7/c1-16-7-11-18(12-8-16)26(33)35-22(24(30)29-21-6-4-3-5-20(21)15-28)23(25(31)32)36-27(34)19-13-9-17(2)10-14-19/h3-14,22-23H,1-2H3,(H,29,30)(H,31,32)/t22-,23-/m1/s1. The molecule has 0 bridgehead atoms. The number of nitrogens with zero attached hydrogens (tertiary/aromatic N) is 1. The molecule has 9 heteroatoms. The van der Waals surface area contributed by atoms with Gasteiger partial charge in [0.2, 0.25) is 12.2 Å². The molecule has 2 atom stereocenters. The summed E-state index contributed by atoms with van der Waals surface area (Å²) in [6.07, 6.45) is -4.25. The second-order valence-electron chi connectivity index (χ2n) is 7.87. The normalized spacial score (nSPS) is 11.9. The van der Waals surface area contributed by atoms with Crippen molar-refractivity contribution in [1.29, 1.82) is 5.26 Å². The molecular formula is C27H22N2O7. The Morgan fingerprint density at radius 3 is 1.72 bits per heavy atom. The van der Waals surface area contributed by atoms with Crippen molar-refractivity contribution >= 4 is 29.5 Å². The van der Waals surface area contributed by atoms with Crippen LogP contribution in [0.5, 0.6) is 0 Å². The summed E-state index contributed by atoms with van der Waals surface area (Å²) in [4.78, 5) is 50.7. The number of rotatable bonds is 8. The fourth-order valence-electron chi connectivity index (χ4n) is 3.13. The predicted molar refractivity (Wildman–Crippen MR) is 128 cm³/mol. The van der Waals surface area contributed by atoms with E-state index in [1.165, 1.54) is 36.4 Å². The van der Waals surface area contributed by atoms with E-state index >= 15 is 0 Å². The lowest BCUT2D eigenvalue weighted by molar-refractivity contribution is -0.157. The van der Waals surface area contributed by atoms with Crippen LogP contribution in [0.3, 0.4) is 0 Å². The van der Waals surface area contributed by atoms with Crippen LogP contribution in [0.4, 0.5) is 5.69 Å². The second kappa shape index (κ2) is 11.4. The summed E-state index contributed by atoms with van der Waals surface area (Å²) in [7, 11) is 0. The molecule has 0 aliphatic heterocycles. The van der Waals surface area contributed by atoms with Crippen molar-refractivity contribution in [2.45, 2.75) is 26.1 Å². The van der Waals surface area contributed by atoms with Gasteiger partial charge in [-0.1, -0.05) is 47.5 Å². The van der Waals surface area contributed by atoms with Gasteiger partial charge in [0.15, 0.2) is 0 Å². The maximum absolute atomic E-state index is 13.2. The number of aliphatic carboxylic acids is 1. The first-order valence-corrected chi connectivity index (χ1v) is 10.8. The number of para-hydroxylation sites is 1. The SMILES string of the molecule is Cc1ccc(C(=O)O[C@@H](C(=O)O)[C@@H](OC(=O)c2ccc(C)cc2)C(=O)Nc2ccccc2C#N)cc1. The topological polar surface area (TPSA) is 143 Å². The number of carbonyl (C=O) groups excluding carboxylic acids is 3. The molecule has 182 valence electrons. The molecule has 0 radical (unpaired) electrons. The van der Waals surface area contributed by atoms with Crippen LogP contribution in [0.2, 0.25) is 0 Å². The van der Waals surface area contributed by atoms with Crippen LogP contribution in [-0.2, 0) is 19.1 Å². The fraction of sp³-hybridized carbons (Fsp3) is 0.148. The maximum Gasteiger partial charge on any atom is 0.349 e. The van der Waals surface area contributed by atoms with E-state index in [0.29, 0.717) is 0 Å². The van der Waals surface area contributed by atoms with Gasteiger partial charge in [-0.3, -0.25) is 4.79 Å². The van der Waals surface area contributed by atoms with Crippen molar-refractivity contribution in [2.75, 3.05) is 5.32 Å². The van der Waals surface area contributed by atoms with Crippen molar-refractivity contribution in [1.82, 2.24) is 0 Å². The number of anilines is 1. The minimum absolute atomic E-state index is 0.0469. The molecule has 0 saturated heterocycles. The third-order valence-electron chi connectivity index (χ3n) is 5.12. The highest BCUT2D eigenvalue weighted by Gasteiger charge is 2.41. The van der Waals surface area contributed by atoms with Crippen molar-refractivity contribution in [2.24, 2.45) is 0 Å². The number of nitrogens with one attached hydrogen (secondary N) is 1. The van der Waals surface area contributed by atoms with Gasteiger partial charge >= 0.3 is 17.9 Å². The van der Waals surface area contributed by atoms with Gasteiger partial charge in [0.25, 0.3) is 5.91 Å². The summed E-state index contributed by atoms with van der Waals surface area (Å²) < 4.78 is 10.4. The van der Waals surface area contributed by atoms with E-state index in [-0.39, 0.29) is 22.4 Å². The van der Waals surface area contributed by atoms with E-state index < -0.39 is 36.0 Å². The smallest absolute Gasteiger partial charge is 0.349 e. The van der Waals surface area contributed by atoms with E-state index in [1.54, 1.807) is 43.3 Å². The summed E-state index contributed by atoms with van der Waals surface area (Å²) >= 11 is 0. The first-order chi connectivity index (χ1) is 17.2. The average Bonchev–Trinajstić information content (AvgIpc) is 2.86. The number of ether oxygens (including phenoxy) is 2. The number of amides is 1. The van der Waals surface area contributed by atoms with Gasteiger partial charge in [0.1, 0.15) is 6.07 Å². The van der Waals surface area contributed by atoms with Crippen molar-refractivity contribution < 1.29 is 33.8 Å². The third-order valence-corrected chi connectivity index (χ3v) is 5.12. The van der Waals surface area contributed by atoms with Gasteiger partial charge in [0.05, 0.1) is 22.4 Å². The van der Waals surface area contributed by atoms with Gasteiger partial charge in [-0.25, -0.2) is 14.4 Å². The predicted octanol–water partition coefficient (Wildman–Crippen LogP) is 3.65. The largest absolute Gasteiger partial charge is 0.478 e. The number of hydrogen-bond acceptors (Lipinski definition) is 7. The Hall–Kier alpha value is -4.97. The molecule has 3 aromatic carbocycles. The Bertz CT molecular complexity index is 1330. The number of carboxylic acids is 1. The number of nitriles is 1. The van der Waals surface area contributed by atoms with Crippen LogP contribution in [0.25, 0.3) is 0 Å². The van der Waals surface area contributed by atoms with E-state index in [9.17, 15) is 29.5 Å². The highest BCUT2D eigenvalue weighted by Crippen LogP contribution is 2.18. The molecule has 0 aliphatic carbocycles. The first kappa shape index (κ1) is 25.6. The Kier molecular flexibility index (Phi) is 8.15. The number of carboxylic acid groups (broad SMARTS) is 1. The van der Waals surface area contributed by atoms with Crippen LogP contribution in [0.1, 0.15) is 37.4 Å². The molecule has 0 saturated carbocycles. The highest BCUT2D eigenvalue weighted by atomic mass is 16.6. The molecule has 36 heavy (non-hydrogen) atoms. The van der Waals surface area contributed by atoms with Crippen LogP contribution < -0.4 is 5.32 Å². The Morgan fingerprint density at radius 1 is 0.778 bits per heavy atom. The van der Waals surface area contributed by atoms with Crippen molar-refractivity contribution in [3.8, 4) is 6.07 Å². The Balaban J connectivity index is 1.94. The highest BCUT2D eigenvalue weighted by molar-refractivity contribution is 6.02. The average molecular weight is 486 g/mol. The molecule has 2 N–H and O–H groups in total. The summed E-state index contributed by atoms with van der Waals surface area (Å²) in [6.45, 7) is 3.61. The zero-order valence-electron chi connectivity index (χ0n) is 19.4. The summed E-state index contributed by atoms with van der Waals surface area (Å²) in [5, 5.41) is 21.5. The number of aryl methyl sites for hydroxylation is 2. The van der Waals surface area contributed by atoms with Gasteiger partial charge in [-0.15, -0.1) is 0 Å². The zero-order valence-corrected chi connectivity index (χ0v) is 19.4. The van der Waals surface area contributed by atoms with Crippen LogP contribution >= 0.6 is 0 Å². The molecule has 3 rings (SSSR count). The van der Waals surface area contributed by atoms with Crippen LogP contribution in [0, 0.1) is 25.2 Å². The minimum Gasteiger partial charge on any atom is -0.478 e. The number of esters is 2. The quantitative estimate of drug-likeness (QED) is 0.459. The van der Waals surface area contributed by atoms with E-state index in [0.717, 1.165) is 11.1 Å². The summed E-state index contributed by atoms with van der Waals surface area (Å²) in [6, 6.07) is 20.2. The minimum atomic E-state index is -2.18. The Labute approximate surface area is 206 Å². The zero-order chi connectivity index (χ0) is 26.2. The molecule has 3 aromatic rings. The first-order valence-electron chi connectivity index (χ1n) is 10.8. The van der Waals surface area contributed by atoms with E-state index in [4.69, 9.17) is 9.47 Å². The number of carbonyl (C=O) groups is 4. The molecule has 0 fully saturated rings. The van der Waals surface area contributed by atoms with Crippen molar-refractivity contribution in [3.05, 3.63) is 101 Å². The molecule has 1 amide bonds. The number of benzene rings is 3. The third kappa shape index (κ3) is 6.33. The van der Waals surface area contributed by atoms with Gasteiger partial charge in [0, 0.05) is 0 Å². The fourth-order valence-corrected chi connectivity index (χ4v) is 3.13.